The average molecular weight is 537 g/mol. The maximum Gasteiger partial charge on any atom is 0.525 e. The lowest BCUT2D eigenvalue weighted by Crippen LogP contribution is -2.44. The number of carbonyl (C=O) groups is 2. The van der Waals surface area contributed by atoms with E-state index in [0.29, 0.717) is 28.0 Å². The van der Waals surface area contributed by atoms with Crippen LogP contribution in [-0.4, -0.2) is 30.8 Å². The van der Waals surface area contributed by atoms with Gasteiger partial charge in [0.2, 0.25) is 0 Å². The number of benzene rings is 4. The summed E-state index contributed by atoms with van der Waals surface area (Å²) in [6.07, 6.45) is 0. The normalized spacial score (nSPS) is 13.3. The molecule has 190 valence electrons. The van der Waals surface area contributed by atoms with E-state index in [4.69, 9.17) is 4.74 Å². The van der Waals surface area contributed by atoms with Crippen LogP contribution in [0.1, 0.15) is 31.8 Å². The highest BCUT2D eigenvalue weighted by Gasteiger charge is 2.51. The van der Waals surface area contributed by atoms with Crippen LogP contribution in [0.25, 0.3) is 10.8 Å². The number of alkyl halides is 3. The molecule has 4 aromatic rings. The third-order valence-electron chi connectivity index (χ3n) is 5.50. The van der Waals surface area contributed by atoms with E-state index >= 15 is 0 Å². The fraction of sp³-hybridized carbons (Fsp3) is 0.0370. The quantitative estimate of drug-likeness (QED) is 0.197. The number of para-hydroxylation sites is 1. The molecule has 4 aromatic carbocycles. The van der Waals surface area contributed by atoms with Gasteiger partial charge in [-0.3, -0.25) is 9.59 Å². The first kappa shape index (κ1) is 25.0. The largest absolute Gasteiger partial charge is 0.525 e. The van der Waals surface area contributed by atoms with E-state index in [0.717, 1.165) is 0 Å². The number of carbonyl (C=O) groups excluding carboxylic acids is 2. The van der Waals surface area contributed by atoms with Gasteiger partial charge < -0.3 is 4.74 Å². The van der Waals surface area contributed by atoms with Crippen molar-refractivity contribution in [3.63, 3.8) is 0 Å². The first-order valence-electron chi connectivity index (χ1n) is 10.9. The zero-order valence-electron chi connectivity index (χ0n) is 19.0. The van der Waals surface area contributed by atoms with Crippen molar-refractivity contribution in [2.45, 2.75) is 5.51 Å². The molecule has 0 aromatic heterocycles. The number of rotatable bonds is 4. The van der Waals surface area contributed by atoms with Gasteiger partial charge in [0.05, 0.1) is 11.1 Å². The Balaban J connectivity index is 1.46. The molecule has 0 saturated carbocycles. The summed E-state index contributed by atoms with van der Waals surface area (Å²) < 4.78 is 70.8. The summed E-state index contributed by atoms with van der Waals surface area (Å²) in [6.45, 7) is 0. The van der Waals surface area contributed by atoms with E-state index in [-0.39, 0.29) is 16.5 Å². The van der Waals surface area contributed by atoms with Gasteiger partial charge >= 0.3 is 15.6 Å². The van der Waals surface area contributed by atoms with E-state index < -0.39 is 32.5 Å². The lowest BCUT2D eigenvalue weighted by molar-refractivity contribution is -0.0761. The molecule has 11 heteroatoms. The predicted octanol–water partition coefficient (Wildman–Crippen LogP) is 5.41. The molecule has 0 spiro atoms. The van der Waals surface area contributed by atoms with Crippen molar-refractivity contribution in [1.29, 1.82) is 0 Å². The molecule has 1 aliphatic heterocycles. The Morgan fingerprint density at radius 2 is 1.34 bits per heavy atom. The van der Waals surface area contributed by atoms with Gasteiger partial charge in [-0.1, -0.05) is 42.2 Å². The Morgan fingerprint density at radius 1 is 0.711 bits per heavy atom. The molecule has 0 saturated heterocycles. The van der Waals surface area contributed by atoms with Gasteiger partial charge in [0.25, 0.3) is 11.8 Å². The van der Waals surface area contributed by atoms with Crippen LogP contribution in [0, 0.1) is 11.8 Å². The Kier molecular flexibility index (Phi) is 6.14. The number of amides is 2. The van der Waals surface area contributed by atoms with Crippen molar-refractivity contribution < 1.29 is 40.2 Å². The molecule has 0 fully saturated rings. The second-order valence-corrected chi connectivity index (χ2v) is 9.48. The third kappa shape index (κ3) is 4.58. The molecular weight excluding hydrogens is 523 g/mol. The highest BCUT2D eigenvalue weighted by molar-refractivity contribution is 7.87. The number of nitrogens with zero attached hydrogens (tertiary/aromatic N) is 1. The van der Waals surface area contributed by atoms with Gasteiger partial charge in [0.15, 0.2) is 0 Å². The van der Waals surface area contributed by atoms with Crippen molar-refractivity contribution in [2.75, 3.05) is 0 Å². The maximum absolute atomic E-state index is 12.8. The number of ether oxygens (including phenoxy) is 1. The van der Waals surface area contributed by atoms with E-state index in [1.54, 1.807) is 30.3 Å². The Hall–Kier alpha value is -4.66. The van der Waals surface area contributed by atoms with Gasteiger partial charge in [-0.05, 0) is 60.0 Å². The van der Waals surface area contributed by atoms with Crippen molar-refractivity contribution in [3.05, 3.63) is 107 Å². The fourth-order valence-electron chi connectivity index (χ4n) is 3.76. The first-order chi connectivity index (χ1) is 18.0. The summed E-state index contributed by atoms with van der Waals surface area (Å²) >= 11 is 0. The Morgan fingerprint density at radius 3 is 2.00 bits per heavy atom. The summed E-state index contributed by atoms with van der Waals surface area (Å²) in [4.78, 5) is 25.5. The molecule has 0 bridgehead atoms. The van der Waals surface area contributed by atoms with Crippen LogP contribution in [-0.2, 0) is 14.4 Å². The number of hydrogen-bond acceptors (Lipinski definition) is 6. The molecule has 0 atom stereocenters. The molecular formula is C27H14F3NO6S. The number of imide groups is 1. The standard InChI is InChI=1S/C27H14F3NO6S/c28-27(29,30)38(34,35)37-31-25(32)22-8-4-7-21-18(13-16-23(24(21)22)26(31)33)12-9-17-10-14-20(15-11-17)36-19-5-2-1-3-6-19/h1-8,10-11,13-16H. The van der Waals surface area contributed by atoms with E-state index in [2.05, 4.69) is 16.1 Å². The van der Waals surface area contributed by atoms with Crippen LogP contribution in [0.5, 0.6) is 11.5 Å². The van der Waals surface area contributed by atoms with Crippen molar-refractivity contribution in [2.24, 2.45) is 0 Å². The summed E-state index contributed by atoms with van der Waals surface area (Å²) in [7, 11) is -6.25. The van der Waals surface area contributed by atoms with Gasteiger partial charge in [-0.25, -0.2) is 0 Å². The number of hydroxylamine groups is 2. The predicted molar refractivity (Wildman–Crippen MR) is 129 cm³/mol. The smallest absolute Gasteiger partial charge is 0.457 e. The lowest BCUT2D eigenvalue weighted by atomic mass is 9.92. The van der Waals surface area contributed by atoms with Crippen molar-refractivity contribution >= 4 is 32.7 Å². The van der Waals surface area contributed by atoms with Gasteiger partial charge in [0, 0.05) is 16.5 Å². The maximum atomic E-state index is 12.8. The highest BCUT2D eigenvalue weighted by atomic mass is 32.2. The van der Waals surface area contributed by atoms with Crippen LogP contribution >= 0.6 is 0 Å². The van der Waals surface area contributed by atoms with Crippen LogP contribution in [0.2, 0.25) is 0 Å². The minimum atomic E-state index is -6.25. The summed E-state index contributed by atoms with van der Waals surface area (Å²) in [5, 5.41) is 0.117. The zero-order valence-corrected chi connectivity index (χ0v) is 19.8. The molecule has 5 rings (SSSR count). The third-order valence-corrected chi connectivity index (χ3v) is 6.41. The fourth-order valence-corrected chi connectivity index (χ4v) is 4.18. The Labute approximate surface area is 214 Å². The molecule has 0 N–H and O–H groups in total. The average Bonchev–Trinajstić information content (AvgIpc) is 2.89. The van der Waals surface area contributed by atoms with Crippen molar-refractivity contribution in [1.82, 2.24) is 5.06 Å². The van der Waals surface area contributed by atoms with Crippen LogP contribution < -0.4 is 4.74 Å². The molecule has 2 amide bonds. The SMILES string of the molecule is O=C1c2cccc3c(C#Cc4ccc(Oc5ccccc5)cc4)ccc(c23)C(=O)N1OS(=O)(=O)C(F)(F)F. The van der Waals surface area contributed by atoms with E-state index in [1.807, 2.05) is 30.3 Å². The van der Waals surface area contributed by atoms with Crippen LogP contribution in [0.4, 0.5) is 13.2 Å². The number of hydrogen-bond donors (Lipinski definition) is 0. The molecule has 38 heavy (non-hydrogen) atoms. The molecule has 1 aliphatic rings. The molecule has 0 aliphatic carbocycles. The van der Waals surface area contributed by atoms with Crippen molar-refractivity contribution in [3.8, 4) is 23.3 Å². The molecule has 0 unspecified atom stereocenters. The Bertz CT molecular complexity index is 1730. The first-order valence-corrected chi connectivity index (χ1v) is 12.3. The summed E-state index contributed by atoms with van der Waals surface area (Å²) in [5.74, 6) is 4.55. The van der Waals surface area contributed by atoms with E-state index in [1.165, 1.54) is 24.3 Å². The van der Waals surface area contributed by atoms with E-state index in [9.17, 15) is 31.2 Å². The summed E-state index contributed by atoms with van der Waals surface area (Å²) in [5.41, 5.74) is -5.16. The van der Waals surface area contributed by atoms with Crippen LogP contribution in [0.15, 0.2) is 84.9 Å². The zero-order chi connectivity index (χ0) is 27.1. The molecule has 1 heterocycles. The number of halogens is 3. The minimum Gasteiger partial charge on any atom is -0.457 e. The lowest BCUT2D eigenvalue weighted by Gasteiger charge is -2.25. The summed E-state index contributed by atoms with van der Waals surface area (Å²) in [6, 6.07) is 23.2. The van der Waals surface area contributed by atoms with Gasteiger partial charge in [-0.15, -0.1) is 9.35 Å². The molecule has 7 nitrogen and oxygen atoms in total. The second-order valence-electron chi connectivity index (χ2n) is 7.96. The second kappa shape index (κ2) is 9.33. The highest BCUT2D eigenvalue weighted by Crippen LogP contribution is 2.34. The minimum absolute atomic E-state index is 0.130. The topological polar surface area (TPSA) is 90.0 Å². The monoisotopic (exact) mass is 537 g/mol. The van der Waals surface area contributed by atoms with Gasteiger partial charge in [-0.2, -0.15) is 21.6 Å². The van der Waals surface area contributed by atoms with Gasteiger partial charge in [0.1, 0.15) is 11.5 Å². The van der Waals surface area contributed by atoms with Crippen LogP contribution in [0.3, 0.4) is 0 Å². The molecule has 0 radical (unpaired) electrons.